The number of carbonyl (C=O) groups excluding carboxylic acids is 1. The first kappa shape index (κ1) is 14.3. The molecule has 0 aromatic heterocycles. The average molecular weight is 291 g/mol. The van der Waals surface area contributed by atoms with Gasteiger partial charge in [0.15, 0.2) is 0 Å². The molecule has 20 heavy (non-hydrogen) atoms. The highest BCUT2D eigenvalue weighted by Gasteiger charge is 2.26. The van der Waals surface area contributed by atoms with Crippen LogP contribution >= 0.6 is 11.6 Å². The van der Waals surface area contributed by atoms with Gasteiger partial charge in [0.25, 0.3) is 5.91 Å². The summed E-state index contributed by atoms with van der Waals surface area (Å²) in [5.41, 5.74) is 4.84. The van der Waals surface area contributed by atoms with Crippen molar-refractivity contribution in [1.29, 1.82) is 0 Å². The summed E-state index contributed by atoms with van der Waals surface area (Å²) in [5.74, 6) is 0.112. The lowest BCUT2D eigenvalue weighted by molar-refractivity contribution is -0.120. The van der Waals surface area contributed by atoms with Crippen molar-refractivity contribution < 1.29 is 4.79 Å². The lowest BCUT2D eigenvalue weighted by Gasteiger charge is -2.00. The highest BCUT2D eigenvalue weighted by Crippen LogP contribution is 2.13. The Kier molecular flexibility index (Phi) is 4.53. The molecule has 104 valence electrons. The number of aliphatic imine (C=N–C) groups is 1. The van der Waals surface area contributed by atoms with Crippen molar-refractivity contribution >= 4 is 29.7 Å². The number of benzene rings is 1. The normalized spacial score (nSPS) is 18.0. The van der Waals surface area contributed by atoms with E-state index in [0.29, 0.717) is 17.4 Å². The van der Waals surface area contributed by atoms with Gasteiger partial charge in [-0.3, -0.25) is 10.1 Å². The second kappa shape index (κ2) is 6.34. The minimum Gasteiger partial charge on any atom is -0.293 e. The zero-order valence-electron chi connectivity index (χ0n) is 11.1. The summed E-state index contributed by atoms with van der Waals surface area (Å²) >= 11 is 5.67. The first-order valence-corrected chi connectivity index (χ1v) is 6.50. The molecule has 1 unspecified atom stereocenters. The quantitative estimate of drug-likeness (QED) is 0.657. The fourth-order valence-corrected chi connectivity index (χ4v) is 1.82. The van der Waals surface area contributed by atoms with Crippen LogP contribution in [-0.4, -0.2) is 24.1 Å². The molecular formula is C14H15ClN4O. The SMILES string of the molecule is C=C(Cl)CC1N=C(N/N=C/c2ccc(C)cc2)NC1=O. The number of guanidine groups is 1. The van der Waals surface area contributed by atoms with E-state index in [-0.39, 0.29) is 5.91 Å². The van der Waals surface area contributed by atoms with E-state index in [1.54, 1.807) is 6.21 Å². The van der Waals surface area contributed by atoms with E-state index in [9.17, 15) is 4.79 Å². The number of amides is 1. The summed E-state index contributed by atoms with van der Waals surface area (Å²) in [6.07, 6.45) is 1.97. The van der Waals surface area contributed by atoms with E-state index >= 15 is 0 Å². The van der Waals surface area contributed by atoms with Gasteiger partial charge in [0.1, 0.15) is 6.04 Å². The summed E-state index contributed by atoms with van der Waals surface area (Å²) < 4.78 is 0. The van der Waals surface area contributed by atoms with E-state index in [1.165, 1.54) is 5.56 Å². The van der Waals surface area contributed by atoms with Crippen molar-refractivity contribution in [2.75, 3.05) is 0 Å². The van der Waals surface area contributed by atoms with Crippen LogP contribution in [0.4, 0.5) is 0 Å². The van der Waals surface area contributed by atoms with Crippen molar-refractivity contribution in [2.45, 2.75) is 19.4 Å². The van der Waals surface area contributed by atoms with Gasteiger partial charge in [-0.2, -0.15) is 5.10 Å². The molecule has 1 heterocycles. The Labute approximate surface area is 122 Å². The number of nitrogens with zero attached hydrogens (tertiary/aromatic N) is 2. The largest absolute Gasteiger partial charge is 0.293 e. The van der Waals surface area contributed by atoms with Crippen molar-refractivity contribution in [2.24, 2.45) is 10.1 Å². The molecule has 1 aliphatic rings. The summed E-state index contributed by atoms with van der Waals surface area (Å²) in [7, 11) is 0. The number of hydrogen-bond donors (Lipinski definition) is 2. The molecule has 0 fully saturated rings. The maximum absolute atomic E-state index is 11.6. The van der Waals surface area contributed by atoms with E-state index in [2.05, 4.69) is 27.4 Å². The van der Waals surface area contributed by atoms with Crippen molar-refractivity contribution in [3.8, 4) is 0 Å². The van der Waals surface area contributed by atoms with Crippen LogP contribution in [0.15, 0.2) is 46.0 Å². The number of nitrogens with one attached hydrogen (secondary N) is 2. The molecule has 1 atom stereocenters. The van der Waals surface area contributed by atoms with Crippen LogP contribution in [-0.2, 0) is 4.79 Å². The third kappa shape index (κ3) is 3.93. The Morgan fingerprint density at radius 2 is 2.25 bits per heavy atom. The first-order chi connectivity index (χ1) is 9.54. The average Bonchev–Trinajstić information content (AvgIpc) is 2.72. The van der Waals surface area contributed by atoms with Crippen LogP contribution in [0.1, 0.15) is 17.5 Å². The third-order valence-electron chi connectivity index (χ3n) is 2.71. The Morgan fingerprint density at radius 1 is 1.55 bits per heavy atom. The molecule has 0 radical (unpaired) electrons. The van der Waals surface area contributed by atoms with Crippen molar-refractivity contribution in [3.05, 3.63) is 47.0 Å². The number of hydrazone groups is 1. The number of halogens is 1. The number of aryl methyl sites for hydroxylation is 1. The molecule has 0 aliphatic carbocycles. The molecule has 6 heteroatoms. The monoisotopic (exact) mass is 290 g/mol. The molecule has 0 saturated heterocycles. The smallest absolute Gasteiger partial charge is 0.252 e. The first-order valence-electron chi connectivity index (χ1n) is 6.12. The molecule has 1 aromatic rings. The molecule has 0 spiro atoms. The van der Waals surface area contributed by atoms with Gasteiger partial charge in [0.2, 0.25) is 5.96 Å². The number of rotatable bonds is 4. The maximum Gasteiger partial charge on any atom is 0.252 e. The Balaban J connectivity index is 1.92. The molecular weight excluding hydrogens is 276 g/mol. The summed E-state index contributed by atoms with van der Waals surface area (Å²) in [6.45, 7) is 5.57. The minimum atomic E-state index is -0.530. The van der Waals surface area contributed by atoms with Gasteiger partial charge in [-0.15, -0.1) is 0 Å². The zero-order valence-corrected chi connectivity index (χ0v) is 11.8. The van der Waals surface area contributed by atoms with Crippen molar-refractivity contribution in [3.63, 3.8) is 0 Å². The molecule has 0 bridgehead atoms. The highest BCUT2D eigenvalue weighted by atomic mass is 35.5. The molecule has 5 nitrogen and oxygen atoms in total. The van der Waals surface area contributed by atoms with Gasteiger partial charge >= 0.3 is 0 Å². The van der Waals surface area contributed by atoms with E-state index in [0.717, 1.165) is 5.56 Å². The van der Waals surface area contributed by atoms with Gasteiger partial charge in [-0.1, -0.05) is 48.0 Å². The minimum absolute atomic E-state index is 0.208. The van der Waals surface area contributed by atoms with Gasteiger partial charge in [0, 0.05) is 11.5 Å². The lowest BCUT2D eigenvalue weighted by atomic mass is 10.2. The molecule has 1 aliphatic heterocycles. The predicted molar refractivity (Wildman–Crippen MR) is 80.9 cm³/mol. The van der Waals surface area contributed by atoms with E-state index < -0.39 is 6.04 Å². The molecule has 0 saturated carbocycles. The van der Waals surface area contributed by atoms with Crippen LogP contribution in [0.2, 0.25) is 0 Å². The maximum atomic E-state index is 11.6. The predicted octanol–water partition coefficient (Wildman–Crippen LogP) is 1.92. The second-order valence-corrected chi connectivity index (χ2v) is 5.02. The van der Waals surface area contributed by atoms with Crippen LogP contribution in [0.25, 0.3) is 0 Å². The Bertz CT molecular complexity index is 577. The molecule has 2 N–H and O–H groups in total. The lowest BCUT2D eigenvalue weighted by Crippen LogP contribution is -2.35. The van der Waals surface area contributed by atoms with Gasteiger partial charge in [-0.05, 0) is 12.5 Å². The van der Waals surface area contributed by atoms with Crippen molar-refractivity contribution in [1.82, 2.24) is 10.7 Å². The Hall–Kier alpha value is -2.14. The molecule has 1 aromatic carbocycles. The van der Waals surface area contributed by atoms with Crippen LogP contribution in [0, 0.1) is 6.92 Å². The Morgan fingerprint density at radius 3 is 2.90 bits per heavy atom. The summed E-state index contributed by atoms with van der Waals surface area (Å²) in [5, 5.41) is 7.02. The zero-order chi connectivity index (χ0) is 14.5. The number of carbonyl (C=O) groups is 1. The standard InChI is InChI=1S/C14H15ClN4O/c1-9-3-5-11(6-4-9)8-16-19-14-17-12(7-10(2)15)13(20)18-14/h3-6,8,12H,2,7H2,1H3,(H2,17,18,19,20)/b16-8+. The second-order valence-electron chi connectivity index (χ2n) is 4.48. The van der Waals surface area contributed by atoms with E-state index in [1.807, 2.05) is 31.2 Å². The molecule has 2 rings (SSSR count). The van der Waals surface area contributed by atoms with Crippen LogP contribution in [0.3, 0.4) is 0 Å². The van der Waals surface area contributed by atoms with Crippen LogP contribution in [0.5, 0.6) is 0 Å². The third-order valence-corrected chi connectivity index (χ3v) is 2.86. The van der Waals surface area contributed by atoms with Crippen LogP contribution < -0.4 is 10.7 Å². The molecule has 1 amide bonds. The number of hydrogen-bond acceptors (Lipinski definition) is 4. The fraction of sp³-hybridized carbons (Fsp3) is 0.214. The van der Waals surface area contributed by atoms with Gasteiger partial charge in [-0.25, -0.2) is 10.4 Å². The summed E-state index contributed by atoms with van der Waals surface area (Å²) in [6, 6.07) is 7.37. The topological polar surface area (TPSA) is 65.8 Å². The fourth-order valence-electron chi connectivity index (χ4n) is 1.67. The van der Waals surface area contributed by atoms with Gasteiger partial charge in [0.05, 0.1) is 6.21 Å². The van der Waals surface area contributed by atoms with E-state index in [4.69, 9.17) is 11.6 Å². The highest BCUT2D eigenvalue weighted by molar-refractivity contribution is 6.29. The van der Waals surface area contributed by atoms with Gasteiger partial charge < -0.3 is 0 Å². The summed E-state index contributed by atoms with van der Waals surface area (Å²) in [4.78, 5) is 15.7.